The molecule has 1 aromatic carbocycles. The molecule has 5 nitrogen and oxygen atoms in total. The highest BCUT2D eigenvalue weighted by Crippen LogP contribution is 2.29. The second-order valence-corrected chi connectivity index (χ2v) is 4.33. The maximum atomic E-state index is 5.74. The fourth-order valence-electron chi connectivity index (χ4n) is 2.15. The highest BCUT2D eigenvalue weighted by molar-refractivity contribution is 5.62. The molecule has 2 aromatic rings. The van der Waals surface area contributed by atoms with Crippen LogP contribution in [0.1, 0.15) is 11.4 Å². The summed E-state index contributed by atoms with van der Waals surface area (Å²) in [5, 5.41) is 0. The van der Waals surface area contributed by atoms with E-state index in [1.807, 2.05) is 36.7 Å². The maximum Gasteiger partial charge on any atom is 0.140 e. The molecule has 0 aliphatic heterocycles. The lowest BCUT2D eigenvalue weighted by Crippen LogP contribution is -2.05. The minimum absolute atomic E-state index is 0.469. The van der Waals surface area contributed by atoms with Crippen LogP contribution in [0, 0.1) is 6.92 Å². The molecule has 0 radical (unpaired) electrons. The van der Waals surface area contributed by atoms with Gasteiger partial charge < -0.3 is 19.8 Å². The van der Waals surface area contributed by atoms with Gasteiger partial charge in [-0.3, -0.25) is 0 Å². The lowest BCUT2D eigenvalue weighted by atomic mass is 10.2. The van der Waals surface area contributed by atoms with Crippen LogP contribution < -0.4 is 15.2 Å². The zero-order valence-corrected chi connectivity index (χ0v) is 11.7. The summed E-state index contributed by atoms with van der Waals surface area (Å²) in [5.74, 6) is 2.34. The number of methoxy groups -OCH3 is 2. The van der Waals surface area contributed by atoms with E-state index in [0.717, 1.165) is 34.3 Å². The van der Waals surface area contributed by atoms with E-state index in [2.05, 4.69) is 4.98 Å². The quantitative estimate of drug-likeness (QED) is 0.912. The Kier molecular flexibility index (Phi) is 3.76. The van der Waals surface area contributed by atoms with Gasteiger partial charge in [0.2, 0.25) is 0 Å². The summed E-state index contributed by atoms with van der Waals surface area (Å²) < 4.78 is 12.6. The number of rotatable bonds is 4. The van der Waals surface area contributed by atoms with Crippen molar-refractivity contribution in [3.05, 3.63) is 29.6 Å². The molecule has 0 aliphatic carbocycles. The number of aryl methyl sites for hydroxylation is 1. The summed E-state index contributed by atoms with van der Waals surface area (Å²) >= 11 is 0. The van der Waals surface area contributed by atoms with E-state index >= 15 is 0 Å². The molecule has 0 saturated heterocycles. The topological polar surface area (TPSA) is 62.3 Å². The molecule has 5 heteroatoms. The van der Waals surface area contributed by atoms with E-state index in [0.29, 0.717) is 6.54 Å². The first-order valence-corrected chi connectivity index (χ1v) is 6.06. The number of benzene rings is 1. The summed E-state index contributed by atoms with van der Waals surface area (Å²) in [4.78, 5) is 4.57. The van der Waals surface area contributed by atoms with Crippen molar-refractivity contribution in [1.29, 1.82) is 0 Å². The van der Waals surface area contributed by atoms with Gasteiger partial charge in [-0.2, -0.15) is 0 Å². The van der Waals surface area contributed by atoms with Gasteiger partial charge in [0, 0.05) is 25.2 Å². The first kappa shape index (κ1) is 13.4. The van der Waals surface area contributed by atoms with Gasteiger partial charge in [0.15, 0.2) is 0 Å². The first-order valence-electron chi connectivity index (χ1n) is 6.06. The standard InChI is InChI=1S/C14H19N3O2/c1-9-13(8-15)17(2)14(16-9)10-5-11(18-3)7-12(6-10)19-4/h5-7H,8,15H2,1-4H3. The molecule has 19 heavy (non-hydrogen) atoms. The summed E-state index contributed by atoms with van der Waals surface area (Å²) in [6.07, 6.45) is 0. The Morgan fingerprint density at radius 3 is 2.16 bits per heavy atom. The van der Waals surface area contributed by atoms with E-state index in [-0.39, 0.29) is 0 Å². The number of aromatic nitrogens is 2. The molecule has 0 fully saturated rings. The van der Waals surface area contributed by atoms with E-state index in [1.165, 1.54) is 0 Å². The first-order chi connectivity index (χ1) is 9.10. The van der Waals surface area contributed by atoms with Crippen LogP contribution >= 0.6 is 0 Å². The molecule has 2 rings (SSSR count). The molecule has 2 N–H and O–H groups in total. The molecule has 0 bridgehead atoms. The number of nitrogens with two attached hydrogens (primary N) is 1. The van der Waals surface area contributed by atoms with E-state index in [9.17, 15) is 0 Å². The molecule has 0 unspecified atom stereocenters. The summed E-state index contributed by atoms with van der Waals surface area (Å²) in [7, 11) is 5.23. The van der Waals surface area contributed by atoms with Gasteiger partial charge in [0.1, 0.15) is 17.3 Å². The predicted molar refractivity (Wildman–Crippen MR) is 74.4 cm³/mol. The van der Waals surface area contributed by atoms with Gasteiger partial charge in [-0.25, -0.2) is 4.98 Å². The van der Waals surface area contributed by atoms with Crippen LogP contribution in [0.4, 0.5) is 0 Å². The largest absolute Gasteiger partial charge is 0.497 e. The van der Waals surface area contributed by atoms with Crippen molar-refractivity contribution in [2.24, 2.45) is 12.8 Å². The van der Waals surface area contributed by atoms with Crippen LogP contribution in [-0.2, 0) is 13.6 Å². The van der Waals surface area contributed by atoms with Crippen molar-refractivity contribution < 1.29 is 9.47 Å². The van der Waals surface area contributed by atoms with Crippen molar-refractivity contribution in [3.8, 4) is 22.9 Å². The number of hydrogen-bond donors (Lipinski definition) is 1. The van der Waals surface area contributed by atoms with Crippen LogP contribution in [0.25, 0.3) is 11.4 Å². The third kappa shape index (κ3) is 2.42. The Morgan fingerprint density at radius 2 is 1.74 bits per heavy atom. The number of imidazole rings is 1. The van der Waals surface area contributed by atoms with Gasteiger partial charge >= 0.3 is 0 Å². The highest BCUT2D eigenvalue weighted by Gasteiger charge is 2.13. The number of hydrogen-bond acceptors (Lipinski definition) is 4. The second kappa shape index (κ2) is 5.32. The second-order valence-electron chi connectivity index (χ2n) is 4.33. The van der Waals surface area contributed by atoms with Crippen LogP contribution in [0.15, 0.2) is 18.2 Å². The lowest BCUT2D eigenvalue weighted by Gasteiger charge is -2.09. The Balaban J connectivity index is 2.58. The smallest absolute Gasteiger partial charge is 0.140 e. The normalized spacial score (nSPS) is 10.6. The monoisotopic (exact) mass is 261 g/mol. The average Bonchev–Trinajstić information content (AvgIpc) is 2.72. The number of nitrogens with zero attached hydrogens (tertiary/aromatic N) is 2. The van der Waals surface area contributed by atoms with Crippen molar-refractivity contribution >= 4 is 0 Å². The van der Waals surface area contributed by atoms with Gasteiger partial charge in [-0.1, -0.05) is 0 Å². The molecular weight excluding hydrogens is 242 g/mol. The fraction of sp³-hybridized carbons (Fsp3) is 0.357. The van der Waals surface area contributed by atoms with Gasteiger partial charge in [-0.05, 0) is 19.1 Å². The predicted octanol–water partition coefficient (Wildman–Crippen LogP) is 1.87. The Bertz CT molecular complexity index is 568. The van der Waals surface area contributed by atoms with Gasteiger partial charge in [0.05, 0.1) is 25.6 Å². The minimum Gasteiger partial charge on any atom is -0.497 e. The van der Waals surface area contributed by atoms with Crippen LogP contribution in [0.2, 0.25) is 0 Å². The maximum absolute atomic E-state index is 5.74. The van der Waals surface area contributed by atoms with Crippen LogP contribution in [0.3, 0.4) is 0 Å². The van der Waals surface area contributed by atoms with Gasteiger partial charge in [0.25, 0.3) is 0 Å². The molecule has 1 aromatic heterocycles. The Hall–Kier alpha value is -2.01. The Labute approximate surface area is 113 Å². The van der Waals surface area contributed by atoms with E-state index in [1.54, 1.807) is 14.2 Å². The highest BCUT2D eigenvalue weighted by atomic mass is 16.5. The minimum atomic E-state index is 0.469. The third-order valence-corrected chi connectivity index (χ3v) is 3.22. The number of ether oxygens (including phenoxy) is 2. The summed E-state index contributed by atoms with van der Waals surface area (Å²) in [6.45, 7) is 2.43. The van der Waals surface area contributed by atoms with E-state index in [4.69, 9.17) is 15.2 Å². The van der Waals surface area contributed by atoms with Crippen LogP contribution in [0.5, 0.6) is 11.5 Å². The third-order valence-electron chi connectivity index (χ3n) is 3.22. The molecule has 1 heterocycles. The zero-order chi connectivity index (χ0) is 14.0. The van der Waals surface area contributed by atoms with Crippen molar-refractivity contribution in [1.82, 2.24) is 9.55 Å². The van der Waals surface area contributed by atoms with Crippen molar-refractivity contribution in [2.75, 3.05) is 14.2 Å². The molecule has 102 valence electrons. The van der Waals surface area contributed by atoms with Crippen LogP contribution in [-0.4, -0.2) is 23.8 Å². The van der Waals surface area contributed by atoms with Crippen molar-refractivity contribution in [2.45, 2.75) is 13.5 Å². The molecule has 0 spiro atoms. The average molecular weight is 261 g/mol. The zero-order valence-electron chi connectivity index (χ0n) is 11.7. The Morgan fingerprint density at radius 1 is 1.16 bits per heavy atom. The van der Waals surface area contributed by atoms with Crippen molar-refractivity contribution in [3.63, 3.8) is 0 Å². The van der Waals surface area contributed by atoms with Gasteiger partial charge in [-0.15, -0.1) is 0 Å². The van der Waals surface area contributed by atoms with E-state index < -0.39 is 0 Å². The summed E-state index contributed by atoms with van der Waals surface area (Å²) in [6, 6.07) is 5.71. The molecule has 0 amide bonds. The molecule has 0 aliphatic rings. The molecular formula is C14H19N3O2. The SMILES string of the molecule is COc1cc(OC)cc(-c2nc(C)c(CN)n2C)c1. The lowest BCUT2D eigenvalue weighted by molar-refractivity contribution is 0.394. The fourth-order valence-corrected chi connectivity index (χ4v) is 2.15. The molecule has 0 atom stereocenters. The molecule has 0 saturated carbocycles. The summed E-state index contributed by atoms with van der Waals surface area (Å²) in [5.41, 5.74) is 8.66.